The predicted octanol–water partition coefficient (Wildman–Crippen LogP) is 1.33. The summed E-state index contributed by atoms with van der Waals surface area (Å²) in [6.07, 6.45) is 5.55. The molecular formula is C12H15NO2. The number of rotatable bonds is 0. The van der Waals surface area contributed by atoms with E-state index in [-0.39, 0.29) is 5.56 Å². The van der Waals surface area contributed by atoms with E-state index in [1.54, 1.807) is 0 Å². The van der Waals surface area contributed by atoms with Crippen molar-refractivity contribution >= 4 is 0 Å². The normalized spacial score (nSPS) is 19.5. The SMILES string of the molecule is O=c1[nH]c2c(c3c1COCC3)CCCC2. The first kappa shape index (κ1) is 9.16. The lowest BCUT2D eigenvalue weighted by Crippen LogP contribution is -2.27. The number of nitrogens with one attached hydrogen (secondary N) is 1. The fraction of sp³-hybridized carbons (Fsp3) is 0.583. The first-order valence-corrected chi connectivity index (χ1v) is 5.70. The maximum absolute atomic E-state index is 11.8. The van der Waals surface area contributed by atoms with Crippen molar-refractivity contribution < 1.29 is 4.74 Å². The van der Waals surface area contributed by atoms with E-state index in [2.05, 4.69) is 4.98 Å². The molecule has 1 N–H and O–H groups in total. The molecule has 2 heterocycles. The van der Waals surface area contributed by atoms with Gasteiger partial charge in [0.15, 0.2) is 0 Å². The molecule has 0 bridgehead atoms. The smallest absolute Gasteiger partial charge is 0.253 e. The van der Waals surface area contributed by atoms with Crippen LogP contribution in [0.25, 0.3) is 0 Å². The van der Waals surface area contributed by atoms with Crippen LogP contribution in [0.3, 0.4) is 0 Å². The maximum atomic E-state index is 11.8. The van der Waals surface area contributed by atoms with Crippen LogP contribution >= 0.6 is 0 Å². The summed E-state index contributed by atoms with van der Waals surface area (Å²) in [5.41, 5.74) is 4.85. The van der Waals surface area contributed by atoms with Gasteiger partial charge in [-0.1, -0.05) is 0 Å². The quantitative estimate of drug-likeness (QED) is 0.694. The molecule has 1 aliphatic heterocycles. The highest BCUT2D eigenvalue weighted by Crippen LogP contribution is 2.26. The summed E-state index contributed by atoms with van der Waals surface area (Å²) in [6, 6.07) is 0. The van der Waals surface area contributed by atoms with Gasteiger partial charge in [-0.2, -0.15) is 0 Å². The third-order valence-corrected chi connectivity index (χ3v) is 3.48. The number of hydrogen-bond donors (Lipinski definition) is 1. The van der Waals surface area contributed by atoms with Crippen LogP contribution in [0.2, 0.25) is 0 Å². The highest BCUT2D eigenvalue weighted by molar-refractivity contribution is 5.38. The Morgan fingerprint density at radius 1 is 1.00 bits per heavy atom. The van der Waals surface area contributed by atoms with Gasteiger partial charge in [-0.05, 0) is 43.2 Å². The molecule has 0 saturated heterocycles. The van der Waals surface area contributed by atoms with Crippen molar-refractivity contribution in [1.29, 1.82) is 0 Å². The molecule has 15 heavy (non-hydrogen) atoms. The van der Waals surface area contributed by atoms with E-state index in [0.717, 1.165) is 31.4 Å². The van der Waals surface area contributed by atoms with E-state index in [1.807, 2.05) is 0 Å². The highest BCUT2D eigenvalue weighted by Gasteiger charge is 2.21. The standard InChI is InChI=1S/C12H15NO2/c14-12-10-7-15-6-5-8(10)9-3-1-2-4-11(9)13-12/h1-7H2,(H,13,14). The van der Waals surface area contributed by atoms with Crippen LogP contribution < -0.4 is 5.56 Å². The number of pyridine rings is 1. The number of hydrogen-bond acceptors (Lipinski definition) is 2. The molecule has 0 spiro atoms. The average molecular weight is 205 g/mol. The molecule has 1 aliphatic carbocycles. The molecule has 0 saturated carbocycles. The molecular weight excluding hydrogens is 190 g/mol. The van der Waals surface area contributed by atoms with Gasteiger partial charge in [0, 0.05) is 11.3 Å². The van der Waals surface area contributed by atoms with Gasteiger partial charge in [-0.3, -0.25) is 4.79 Å². The maximum Gasteiger partial charge on any atom is 0.253 e. The molecule has 3 nitrogen and oxygen atoms in total. The lowest BCUT2D eigenvalue weighted by molar-refractivity contribution is 0.109. The van der Waals surface area contributed by atoms with E-state index in [0.29, 0.717) is 6.61 Å². The van der Waals surface area contributed by atoms with Gasteiger partial charge in [0.05, 0.1) is 13.2 Å². The van der Waals surface area contributed by atoms with Crippen molar-refractivity contribution in [2.24, 2.45) is 0 Å². The molecule has 0 radical (unpaired) electrons. The lowest BCUT2D eigenvalue weighted by Gasteiger charge is -2.24. The molecule has 3 heteroatoms. The summed E-state index contributed by atoms with van der Waals surface area (Å²) < 4.78 is 5.35. The Labute approximate surface area is 88.5 Å². The van der Waals surface area contributed by atoms with Gasteiger partial charge in [-0.25, -0.2) is 0 Å². The predicted molar refractivity (Wildman–Crippen MR) is 57.1 cm³/mol. The monoisotopic (exact) mass is 205 g/mol. The van der Waals surface area contributed by atoms with Crippen LogP contribution in [0.15, 0.2) is 4.79 Å². The molecule has 1 aromatic heterocycles. The van der Waals surface area contributed by atoms with E-state index < -0.39 is 0 Å². The van der Waals surface area contributed by atoms with Crippen molar-refractivity contribution in [3.8, 4) is 0 Å². The largest absolute Gasteiger partial charge is 0.376 e. The summed E-state index contributed by atoms with van der Waals surface area (Å²) in [6.45, 7) is 1.26. The number of aromatic nitrogens is 1. The van der Waals surface area contributed by atoms with Crippen LogP contribution in [0.5, 0.6) is 0 Å². The molecule has 0 fully saturated rings. The van der Waals surface area contributed by atoms with Crippen molar-refractivity contribution in [2.45, 2.75) is 38.7 Å². The van der Waals surface area contributed by atoms with Crippen LogP contribution in [0.1, 0.15) is 35.2 Å². The summed E-state index contributed by atoms with van der Waals surface area (Å²) in [5, 5.41) is 0. The molecule has 0 aromatic carbocycles. The Morgan fingerprint density at radius 3 is 2.80 bits per heavy atom. The zero-order valence-electron chi connectivity index (χ0n) is 8.77. The fourth-order valence-electron chi connectivity index (χ4n) is 2.71. The Morgan fingerprint density at radius 2 is 1.87 bits per heavy atom. The summed E-state index contributed by atoms with van der Waals surface area (Å²) in [4.78, 5) is 14.8. The Hall–Kier alpha value is -1.09. The van der Waals surface area contributed by atoms with Gasteiger partial charge >= 0.3 is 0 Å². The number of aromatic amines is 1. The second-order valence-electron chi connectivity index (χ2n) is 4.38. The number of fused-ring (bicyclic) bond motifs is 3. The molecule has 0 atom stereocenters. The van der Waals surface area contributed by atoms with Gasteiger partial charge < -0.3 is 9.72 Å². The minimum absolute atomic E-state index is 0.0744. The Balaban J connectivity index is 2.23. The van der Waals surface area contributed by atoms with Crippen LogP contribution in [0.4, 0.5) is 0 Å². The number of aryl methyl sites for hydroxylation is 1. The molecule has 80 valence electrons. The average Bonchev–Trinajstić information content (AvgIpc) is 2.30. The Kier molecular flexibility index (Phi) is 2.13. The van der Waals surface area contributed by atoms with Crippen LogP contribution in [0, 0.1) is 0 Å². The van der Waals surface area contributed by atoms with E-state index in [4.69, 9.17) is 4.74 Å². The third-order valence-electron chi connectivity index (χ3n) is 3.48. The molecule has 0 amide bonds. The van der Waals surface area contributed by atoms with Crippen LogP contribution in [-0.4, -0.2) is 11.6 Å². The first-order chi connectivity index (χ1) is 7.36. The molecule has 1 aromatic rings. The molecule has 3 rings (SSSR count). The van der Waals surface area contributed by atoms with E-state index in [1.165, 1.54) is 29.7 Å². The first-order valence-electron chi connectivity index (χ1n) is 5.70. The zero-order chi connectivity index (χ0) is 10.3. The molecule has 0 unspecified atom stereocenters. The van der Waals surface area contributed by atoms with Crippen molar-refractivity contribution in [2.75, 3.05) is 6.61 Å². The van der Waals surface area contributed by atoms with Gasteiger partial charge in [0.1, 0.15) is 0 Å². The van der Waals surface area contributed by atoms with E-state index in [9.17, 15) is 4.79 Å². The Bertz CT molecular complexity index is 448. The fourth-order valence-corrected chi connectivity index (χ4v) is 2.71. The zero-order valence-corrected chi connectivity index (χ0v) is 8.77. The van der Waals surface area contributed by atoms with Crippen molar-refractivity contribution in [1.82, 2.24) is 4.98 Å². The number of ether oxygens (including phenoxy) is 1. The van der Waals surface area contributed by atoms with Gasteiger partial charge in [0.25, 0.3) is 5.56 Å². The second-order valence-corrected chi connectivity index (χ2v) is 4.38. The lowest BCUT2D eigenvalue weighted by atomic mass is 9.88. The minimum atomic E-state index is 0.0744. The summed E-state index contributed by atoms with van der Waals surface area (Å²) >= 11 is 0. The second kappa shape index (κ2) is 3.49. The number of H-pyrrole nitrogens is 1. The minimum Gasteiger partial charge on any atom is -0.376 e. The topological polar surface area (TPSA) is 42.1 Å². The third kappa shape index (κ3) is 1.42. The van der Waals surface area contributed by atoms with Gasteiger partial charge in [0.2, 0.25) is 0 Å². The van der Waals surface area contributed by atoms with Gasteiger partial charge in [-0.15, -0.1) is 0 Å². The highest BCUT2D eigenvalue weighted by atomic mass is 16.5. The summed E-state index contributed by atoms with van der Waals surface area (Å²) in [5.74, 6) is 0. The van der Waals surface area contributed by atoms with Crippen molar-refractivity contribution in [3.05, 3.63) is 32.7 Å². The molecule has 2 aliphatic rings. The summed E-state index contributed by atoms with van der Waals surface area (Å²) in [7, 11) is 0. The van der Waals surface area contributed by atoms with E-state index >= 15 is 0 Å². The van der Waals surface area contributed by atoms with Crippen LogP contribution in [-0.2, 0) is 30.6 Å². The van der Waals surface area contributed by atoms with Crippen molar-refractivity contribution in [3.63, 3.8) is 0 Å².